The fourth-order valence-electron chi connectivity index (χ4n) is 2.43. The van der Waals surface area contributed by atoms with Gasteiger partial charge in [-0.05, 0) is 26.8 Å². The molecule has 0 aliphatic carbocycles. The van der Waals surface area contributed by atoms with Crippen LogP contribution in [0, 0.1) is 0 Å². The number of carbonyl (C=O) groups is 2. The van der Waals surface area contributed by atoms with Crippen molar-refractivity contribution in [3.05, 3.63) is 47.2 Å². The largest absolute Gasteiger partial charge is 0.496 e. The Balaban J connectivity index is 2.31. The molecule has 1 heterocycles. The van der Waals surface area contributed by atoms with Crippen molar-refractivity contribution in [2.75, 3.05) is 7.11 Å². The van der Waals surface area contributed by atoms with Gasteiger partial charge in [0.05, 0.1) is 24.8 Å². The molecule has 0 bridgehead atoms. The Morgan fingerprint density at radius 2 is 2.00 bits per heavy atom. The highest BCUT2D eigenvalue weighted by molar-refractivity contribution is 5.95. The summed E-state index contributed by atoms with van der Waals surface area (Å²) < 4.78 is 10.6. The molecule has 1 atom stereocenters. The van der Waals surface area contributed by atoms with E-state index in [1.54, 1.807) is 34.0 Å². The molecule has 6 heteroatoms. The maximum atomic E-state index is 12.3. The zero-order valence-electron chi connectivity index (χ0n) is 14.3. The van der Waals surface area contributed by atoms with Crippen LogP contribution in [-0.2, 0) is 9.53 Å². The van der Waals surface area contributed by atoms with E-state index in [9.17, 15) is 9.59 Å². The zero-order chi connectivity index (χ0) is 17.7. The van der Waals surface area contributed by atoms with E-state index >= 15 is 0 Å². The summed E-state index contributed by atoms with van der Waals surface area (Å²) in [5, 5.41) is 5.33. The summed E-state index contributed by atoms with van der Waals surface area (Å²) in [4.78, 5) is 24.1. The van der Waals surface area contributed by atoms with Gasteiger partial charge < -0.3 is 20.1 Å². The van der Waals surface area contributed by atoms with Crippen molar-refractivity contribution in [3.8, 4) is 5.75 Å². The third-order valence-corrected chi connectivity index (χ3v) is 3.47. The number of carbonyl (C=O) groups excluding carboxylic acids is 2. The number of para-hydroxylation sites is 1. The molecule has 2 rings (SSSR count). The molecule has 1 aromatic rings. The number of esters is 1. The lowest BCUT2D eigenvalue weighted by molar-refractivity contribution is -0.143. The summed E-state index contributed by atoms with van der Waals surface area (Å²) in [6.45, 7) is 5.24. The minimum atomic E-state index is -0.574. The Kier molecular flexibility index (Phi) is 5.63. The van der Waals surface area contributed by atoms with Crippen LogP contribution in [-0.4, -0.2) is 31.3 Å². The lowest BCUT2D eigenvalue weighted by Crippen LogP contribution is -2.49. The summed E-state index contributed by atoms with van der Waals surface area (Å²) in [5.41, 5.74) is 1.72. The van der Waals surface area contributed by atoms with Crippen molar-refractivity contribution in [3.63, 3.8) is 0 Å². The van der Waals surface area contributed by atoms with Crippen molar-refractivity contribution in [2.45, 2.75) is 32.9 Å². The second-order valence-electron chi connectivity index (χ2n) is 5.67. The Hall–Kier alpha value is -2.76. The first-order chi connectivity index (χ1) is 11.4. The van der Waals surface area contributed by atoms with E-state index in [1.165, 1.54) is 0 Å². The average Bonchev–Trinajstić information content (AvgIpc) is 2.51. The van der Waals surface area contributed by atoms with E-state index in [-0.39, 0.29) is 12.1 Å². The Morgan fingerprint density at radius 1 is 1.29 bits per heavy atom. The van der Waals surface area contributed by atoms with Gasteiger partial charge in [0, 0.05) is 11.3 Å². The SMILES string of the molecule is COc1ccccc1/C=C/[C@H]1NC(=O)NC(C)=C1C(=O)OC(C)C. The average molecular weight is 330 g/mol. The first-order valence-electron chi connectivity index (χ1n) is 7.73. The Morgan fingerprint density at radius 3 is 2.67 bits per heavy atom. The number of amides is 2. The standard InChI is InChI=1S/C18H22N2O4/c1-11(2)24-17(21)16-12(3)19-18(22)20-14(16)10-9-13-7-5-6-8-15(13)23-4/h5-11,14H,1-4H3,(H2,19,20,22)/b10-9+/t14-/m1/s1. The van der Waals surface area contributed by atoms with E-state index in [0.717, 1.165) is 5.56 Å². The van der Waals surface area contributed by atoms with Crippen LogP contribution in [0.1, 0.15) is 26.3 Å². The number of hydrogen-bond donors (Lipinski definition) is 2. The van der Waals surface area contributed by atoms with E-state index in [1.807, 2.05) is 30.3 Å². The molecule has 0 unspecified atom stereocenters. The van der Waals surface area contributed by atoms with Gasteiger partial charge in [-0.2, -0.15) is 0 Å². The van der Waals surface area contributed by atoms with Crippen molar-refractivity contribution < 1.29 is 19.1 Å². The van der Waals surface area contributed by atoms with Gasteiger partial charge in [0.15, 0.2) is 0 Å². The molecule has 1 aromatic carbocycles. The normalized spacial score (nSPS) is 17.7. The minimum absolute atomic E-state index is 0.241. The van der Waals surface area contributed by atoms with Gasteiger partial charge >= 0.3 is 12.0 Å². The molecule has 2 amide bonds. The molecule has 0 spiro atoms. The summed E-state index contributed by atoms with van der Waals surface area (Å²) >= 11 is 0. The molecule has 24 heavy (non-hydrogen) atoms. The molecular formula is C18H22N2O4. The van der Waals surface area contributed by atoms with Gasteiger partial charge in [0.2, 0.25) is 0 Å². The lowest BCUT2D eigenvalue weighted by atomic mass is 10.0. The van der Waals surface area contributed by atoms with Crippen molar-refractivity contribution in [1.29, 1.82) is 0 Å². The molecule has 0 saturated heterocycles. The second-order valence-corrected chi connectivity index (χ2v) is 5.67. The molecule has 1 aliphatic heterocycles. The van der Waals surface area contributed by atoms with Crippen LogP contribution in [0.25, 0.3) is 6.08 Å². The maximum Gasteiger partial charge on any atom is 0.338 e. The highest BCUT2D eigenvalue weighted by Crippen LogP contribution is 2.21. The molecule has 6 nitrogen and oxygen atoms in total. The second kappa shape index (κ2) is 7.68. The number of allylic oxidation sites excluding steroid dienone is 1. The number of methoxy groups -OCH3 is 1. The summed E-state index contributed by atoms with van der Waals surface area (Å²) in [5.74, 6) is 0.255. The molecule has 0 fully saturated rings. The topological polar surface area (TPSA) is 76.7 Å². The summed E-state index contributed by atoms with van der Waals surface area (Å²) in [6.07, 6.45) is 3.32. The lowest BCUT2D eigenvalue weighted by Gasteiger charge is -2.26. The molecule has 0 saturated carbocycles. The van der Waals surface area contributed by atoms with Gasteiger partial charge in [-0.1, -0.05) is 30.4 Å². The van der Waals surface area contributed by atoms with Crippen LogP contribution in [0.4, 0.5) is 4.79 Å². The van der Waals surface area contributed by atoms with Crippen LogP contribution < -0.4 is 15.4 Å². The highest BCUT2D eigenvalue weighted by Gasteiger charge is 2.29. The van der Waals surface area contributed by atoms with Gasteiger partial charge in [-0.15, -0.1) is 0 Å². The third kappa shape index (κ3) is 4.16. The number of ether oxygens (including phenoxy) is 2. The van der Waals surface area contributed by atoms with Crippen molar-refractivity contribution >= 4 is 18.1 Å². The quantitative estimate of drug-likeness (QED) is 0.814. The predicted octanol–water partition coefficient (Wildman–Crippen LogP) is 2.62. The maximum absolute atomic E-state index is 12.3. The van der Waals surface area contributed by atoms with Gasteiger partial charge in [-0.3, -0.25) is 0 Å². The van der Waals surface area contributed by atoms with E-state index in [0.29, 0.717) is 17.0 Å². The number of hydrogen-bond acceptors (Lipinski definition) is 4. The van der Waals surface area contributed by atoms with Gasteiger partial charge in [0.1, 0.15) is 5.75 Å². The molecular weight excluding hydrogens is 308 g/mol. The first kappa shape index (κ1) is 17.6. The van der Waals surface area contributed by atoms with E-state index < -0.39 is 12.0 Å². The van der Waals surface area contributed by atoms with Crippen molar-refractivity contribution in [2.24, 2.45) is 0 Å². The molecule has 0 aromatic heterocycles. The van der Waals surface area contributed by atoms with Gasteiger partial charge in [0.25, 0.3) is 0 Å². The van der Waals surface area contributed by atoms with Crippen LogP contribution in [0.5, 0.6) is 5.75 Å². The fourth-order valence-corrected chi connectivity index (χ4v) is 2.43. The number of rotatable bonds is 5. The summed E-state index contributed by atoms with van der Waals surface area (Å²) in [7, 11) is 1.59. The van der Waals surface area contributed by atoms with Crippen LogP contribution in [0.15, 0.2) is 41.6 Å². The first-order valence-corrected chi connectivity index (χ1v) is 7.73. The molecule has 2 N–H and O–H groups in total. The fraction of sp³-hybridized carbons (Fsp3) is 0.333. The molecule has 128 valence electrons. The zero-order valence-corrected chi connectivity index (χ0v) is 14.3. The number of nitrogens with one attached hydrogen (secondary N) is 2. The monoisotopic (exact) mass is 330 g/mol. The predicted molar refractivity (Wildman–Crippen MR) is 91.4 cm³/mol. The third-order valence-electron chi connectivity index (χ3n) is 3.47. The van der Waals surface area contributed by atoms with Crippen molar-refractivity contribution in [1.82, 2.24) is 10.6 Å². The molecule has 1 aliphatic rings. The Labute approximate surface area is 141 Å². The highest BCUT2D eigenvalue weighted by atomic mass is 16.5. The number of benzene rings is 1. The van der Waals surface area contributed by atoms with E-state index in [2.05, 4.69) is 10.6 Å². The van der Waals surface area contributed by atoms with Crippen LogP contribution >= 0.6 is 0 Å². The van der Waals surface area contributed by atoms with E-state index in [4.69, 9.17) is 9.47 Å². The summed E-state index contributed by atoms with van der Waals surface area (Å²) in [6, 6.07) is 6.56. The van der Waals surface area contributed by atoms with Gasteiger partial charge in [-0.25, -0.2) is 9.59 Å². The smallest absolute Gasteiger partial charge is 0.338 e. The molecule has 0 radical (unpaired) electrons. The van der Waals surface area contributed by atoms with Crippen LogP contribution in [0.3, 0.4) is 0 Å². The Bertz CT molecular complexity index is 692. The number of urea groups is 1. The minimum Gasteiger partial charge on any atom is -0.496 e. The van der Waals surface area contributed by atoms with Crippen LogP contribution in [0.2, 0.25) is 0 Å².